The first-order valence-corrected chi connectivity index (χ1v) is 8.69. The summed E-state index contributed by atoms with van der Waals surface area (Å²) in [5, 5.41) is 6.33. The molecule has 0 radical (unpaired) electrons. The molecule has 0 saturated heterocycles. The maximum absolute atomic E-state index is 11.9. The number of anilines is 3. The lowest BCUT2D eigenvalue weighted by Gasteiger charge is -2.22. The highest BCUT2D eigenvalue weighted by atomic mass is 16.2. The van der Waals surface area contributed by atoms with Crippen molar-refractivity contribution in [2.75, 3.05) is 10.6 Å². The molecular weight excluding hydrogens is 288 g/mol. The van der Waals surface area contributed by atoms with Crippen LogP contribution in [0.4, 0.5) is 17.1 Å². The Kier molecular flexibility index (Phi) is 3.68. The van der Waals surface area contributed by atoms with Crippen molar-refractivity contribution in [3.63, 3.8) is 0 Å². The van der Waals surface area contributed by atoms with Gasteiger partial charge in [0.2, 0.25) is 0 Å². The van der Waals surface area contributed by atoms with E-state index in [0.29, 0.717) is 23.3 Å². The molecule has 4 nitrogen and oxygen atoms in total. The molecule has 0 atom stereocenters. The van der Waals surface area contributed by atoms with Crippen LogP contribution in [0.5, 0.6) is 0 Å². The molecule has 2 aliphatic rings. The van der Waals surface area contributed by atoms with Crippen molar-refractivity contribution in [2.24, 2.45) is 0 Å². The fourth-order valence-corrected chi connectivity index (χ4v) is 3.53. The lowest BCUT2D eigenvalue weighted by atomic mass is 9.84. The van der Waals surface area contributed by atoms with Crippen molar-refractivity contribution in [1.29, 1.82) is 0 Å². The van der Waals surface area contributed by atoms with E-state index in [1.165, 1.54) is 37.7 Å². The molecule has 0 bridgehead atoms. The number of benzene rings is 1. The van der Waals surface area contributed by atoms with E-state index in [9.17, 15) is 9.59 Å². The summed E-state index contributed by atoms with van der Waals surface area (Å²) in [5.74, 6) is 0.627. The third kappa shape index (κ3) is 2.90. The summed E-state index contributed by atoms with van der Waals surface area (Å²) in [6.07, 6.45) is 8.60. The summed E-state index contributed by atoms with van der Waals surface area (Å²) in [7, 11) is 0. The fourth-order valence-electron chi connectivity index (χ4n) is 3.53. The number of nitrogens with one attached hydrogen (secondary N) is 2. The Morgan fingerprint density at radius 1 is 0.870 bits per heavy atom. The molecule has 0 heterocycles. The van der Waals surface area contributed by atoms with E-state index in [0.717, 1.165) is 18.5 Å². The Morgan fingerprint density at radius 3 is 2.35 bits per heavy atom. The highest BCUT2D eigenvalue weighted by Crippen LogP contribution is 2.34. The molecule has 2 fully saturated rings. The number of hydrogen-bond acceptors (Lipinski definition) is 4. The normalized spacial score (nSPS) is 19.0. The van der Waals surface area contributed by atoms with Crippen molar-refractivity contribution >= 4 is 17.1 Å². The maximum Gasteiger partial charge on any atom is 0.253 e. The highest BCUT2D eigenvalue weighted by Gasteiger charge is 2.28. The molecule has 2 N–H and O–H groups in total. The van der Waals surface area contributed by atoms with Crippen LogP contribution >= 0.6 is 0 Å². The lowest BCUT2D eigenvalue weighted by molar-refractivity contribution is 0.444. The van der Waals surface area contributed by atoms with Crippen LogP contribution in [0, 0.1) is 0 Å². The van der Waals surface area contributed by atoms with Crippen LogP contribution in [0.25, 0.3) is 0 Å². The first kappa shape index (κ1) is 14.5. The predicted molar refractivity (Wildman–Crippen MR) is 93.5 cm³/mol. The van der Waals surface area contributed by atoms with Crippen LogP contribution < -0.4 is 21.5 Å². The van der Waals surface area contributed by atoms with Gasteiger partial charge in [0.25, 0.3) is 10.9 Å². The molecule has 2 saturated carbocycles. The minimum absolute atomic E-state index is 0.368. The Bertz CT molecular complexity index is 779. The van der Waals surface area contributed by atoms with E-state index in [1.54, 1.807) is 0 Å². The Labute approximate surface area is 135 Å². The molecule has 0 aliphatic heterocycles. The molecular formula is C19H22N2O2. The van der Waals surface area contributed by atoms with Gasteiger partial charge in [-0.3, -0.25) is 9.59 Å². The maximum atomic E-state index is 11.9. The second-order valence-electron chi connectivity index (χ2n) is 6.91. The van der Waals surface area contributed by atoms with E-state index in [4.69, 9.17) is 0 Å². The summed E-state index contributed by atoms with van der Waals surface area (Å²) in [4.78, 5) is 23.6. The van der Waals surface area contributed by atoms with Crippen molar-refractivity contribution in [1.82, 2.24) is 0 Å². The van der Waals surface area contributed by atoms with Crippen molar-refractivity contribution in [3.8, 4) is 0 Å². The zero-order chi connectivity index (χ0) is 15.8. The average Bonchev–Trinajstić information content (AvgIpc) is 3.43. The molecule has 2 aliphatic carbocycles. The Morgan fingerprint density at radius 2 is 1.61 bits per heavy atom. The largest absolute Gasteiger partial charge is 0.377 e. The number of hydrogen-bond donors (Lipinski definition) is 2. The molecule has 4 heteroatoms. The van der Waals surface area contributed by atoms with E-state index in [-0.39, 0.29) is 5.43 Å². The minimum atomic E-state index is -0.406. The summed E-state index contributed by atoms with van der Waals surface area (Å²) in [6, 6.07) is 8.67. The fraction of sp³-hybridized carbons (Fsp3) is 0.474. The smallest absolute Gasteiger partial charge is 0.253 e. The predicted octanol–water partition coefficient (Wildman–Crippen LogP) is 3.65. The third-order valence-electron chi connectivity index (χ3n) is 5.07. The minimum Gasteiger partial charge on any atom is -0.377 e. The average molecular weight is 310 g/mol. The van der Waals surface area contributed by atoms with E-state index >= 15 is 0 Å². The molecule has 0 amide bonds. The topological polar surface area (TPSA) is 58.2 Å². The van der Waals surface area contributed by atoms with Crippen LogP contribution in [0.3, 0.4) is 0 Å². The number of rotatable bonds is 5. The first-order chi connectivity index (χ1) is 11.2. The zero-order valence-electron chi connectivity index (χ0n) is 13.2. The van der Waals surface area contributed by atoms with Gasteiger partial charge in [0.15, 0.2) is 0 Å². The monoisotopic (exact) mass is 310 g/mol. The van der Waals surface area contributed by atoms with Gasteiger partial charge in [0.05, 0.1) is 0 Å². The van der Waals surface area contributed by atoms with Gasteiger partial charge in [-0.1, -0.05) is 31.4 Å². The highest BCUT2D eigenvalue weighted by molar-refractivity contribution is 5.79. The van der Waals surface area contributed by atoms with Crippen LogP contribution in [-0.4, -0.2) is 6.04 Å². The van der Waals surface area contributed by atoms with Gasteiger partial charge >= 0.3 is 0 Å². The van der Waals surface area contributed by atoms with Crippen molar-refractivity contribution in [2.45, 2.75) is 56.9 Å². The summed E-state index contributed by atoms with van der Waals surface area (Å²) < 4.78 is 0. The van der Waals surface area contributed by atoms with Gasteiger partial charge in [0.1, 0.15) is 11.4 Å². The van der Waals surface area contributed by atoms with Gasteiger partial charge in [-0.25, -0.2) is 0 Å². The molecule has 0 unspecified atom stereocenters. The van der Waals surface area contributed by atoms with E-state index < -0.39 is 5.43 Å². The third-order valence-corrected chi connectivity index (χ3v) is 5.07. The molecule has 0 spiro atoms. The molecule has 2 aromatic rings. The van der Waals surface area contributed by atoms with Gasteiger partial charge in [-0.2, -0.15) is 0 Å². The summed E-state index contributed by atoms with van der Waals surface area (Å²) >= 11 is 0. The standard InChI is InChI=1S/C19H22N2O2/c22-18-16(20-14-9-10-14)17(19(18)23)21-15-8-4-7-13(11-15)12-5-2-1-3-6-12/h4,7-8,11-12,14,20-21H,1-3,5-6,9-10H2. The quantitative estimate of drug-likeness (QED) is 0.828. The second kappa shape index (κ2) is 5.84. The van der Waals surface area contributed by atoms with Gasteiger partial charge in [-0.05, 0) is 49.3 Å². The molecule has 4 rings (SSSR count). The van der Waals surface area contributed by atoms with Gasteiger partial charge in [0, 0.05) is 11.7 Å². The zero-order valence-corrected chi connectivity index (χ0v) is 13.2. The van der Waals surface area contributed by atoms with E-state index in [2.05, 4.69) is 22.8 Å². The van der Waals surface area contributed by atoms with Crippen LogP contribution in [-0.2, 0) is 0 Å². The van der Waals surface area contributed by atoms with Crippen molar-refractivity contribution < 1.29 is 0 Å². The molecule has 2 aromatic carbocycles. The first-order valence-electron chi connectivity index (χ1n) is 8.69. The molecule has 23 heavy (non-hydrogen) atoms. The molecule has 120 valence electrons. The molecule has 0 aromatic heterocycles. The SMILES string of the molecule is O=c1c(Nc2cccc(C3CCCCC3)c2)c(NC2CC2)c1=O. The van der Waals surface area contributed by atoms with E-state index in [1.807, 2.05) is 12.1 Å². The second-order valence-corrected chi connectivity index (χ2v) is 6.91. The van der Waals surface area contributed by atoms with Crippen LogP contribution in [0.1, 0.15) is 56.4 Å². The lowest BCUT2D eigenvalue weighted by Crippen LogP contribution is -2.37. The summed E-state index contributed by atoms with van der Waals surface area (Å²) in [6.45, 7) is 0. The van der Waals surface area contributed by atoms with Gasteiger partial charge in [-0.15, -0.1) is 0 Å². The Balaban J connectivity index is 1.54. The van der Waals surface area contributed by atoms with Gasteiger partial charge < -0.3 is 10.6 Å². The van der Waals surface area contributed by atoms with Crippen LogP contribution in [0.2, 0.25) is 0 Å². The van der Waals surface area contributed by atoms with Crippen LogP contribution in [0.15, 0.2) is 33.9 Å². The summed E-state index contributed by atoms with van der Waals surface area (Å²) in [5.41, 5.74) is 2.35. The van der Waals surface area contributed by atoms with Crippen molar-refractivity contribution in [3.05, 3.63) is 50.3 Å². The Hall–Kier alpha value is -2.10.